The minimum atomic E-state index is 1.15. The zero-order valence-corrected chi connectivity index (χ0v) is 13.3. The summed E-state index contributed by atoms with van der Waals surface area (Å²) < 4.78 is 0. The largest absolute Gasteiger partial charge is 0.0888 e. The van der Waals surface area contributed by atoms with E-state index in [4.69, 9.17) is 0 Å². The number of hydrogen-bond acceptors (Lipinski definition) is 0. The number of fused-ring (bicyclic) bond motifs is 1. The molecule has 0 amide bonds. The first-order valence-electron chi connectivity index (χ1n) is 8.12. The summed E-state index contributed by atoms with van der Waals surface area (Å²) in [6.07, 6.45) is 13.1. The van der Waals surface area contributed by atoms with Gasteiger partial charge >= 0.3 is 0 Å². The quantitative estimate of drug-likeness (QED) is 0.387. The second kappa shape index (κ2) is 8.46. The molecule has 0 bridgehead atoms. The highest BCUT2D eigenvalue weighted by Crippen LogP contribution is 2.21. The maximum Gasteiger partial charge on any atom is -0.0178 e. The fourth-order valence-corrected chi connectivity index (χ4v) is 2.56. The molecular formula is C21H26. The molecule has 2 aromatic rings. The summed E-state index contributed by atoms with van der Waals surface area (Å²) in [6.45, 7) is 4.41. The van der Waals surface area contributed by atoms with Crippen molar-refractivity contribution in [1.82, 2.24) is 0 Å². The van der Waals surface area contributed by atoms with Gasteiger partial charge in [-0.1, -0.05) is 61.5 Å². The van der Waals surface area contributed by atoms with Crippen molar-refractivity contribution in [2.45, 2.75) is 46.0 Å². The molecule has 21 heavy (non-hydrogen) atoms. The summed E-state index contributed by atoms with van der Waals surface area (Å²) >= 11 is 0. The highest BCUT2D eigenvalue weighted by Gasteiger charge is 1.98. The highest BCUT2D eigenvalue weighted by molar-refractivity contribution is 5.86. The lowest BCUT2D eigenvalue weighted by Gasteiger charge is -2.04. The van der Waals surface area contributed by atoms with Gasteiger partial charge in [0, 0.05) is 0 Å². The average molecular weight is 278 g/mol. The summed E-state index contributed by atoms with van der Waals surface area (Å²) in [4.78, 5) is 0. The van der Waals surface area contributed by atoms with Crippen LogP contribution in [0.2, 0.25) is 0 Å². The first-order chi connectivity index (χ1) is 10.3. The molecule has 0 saturated carbocycles. The summed E-state index contributed by atoms with van der Waals surface area (Å²) in [5.74, 6) is 0. The second-order valence-electron chi connectivity index (χ2n) is 5.61. The Morgan fingerprint density at radius 2 is 1.67 bits per heavy atom. The SMILES string of the molecule is CC/C=C\CCCC/C=C(\C)c1ccc2ccccc2c1. The number of unbranched alkanes of at least 4 members (excludes halogenated alkanes) is 3. The lowest BCUT2D eigenvalue weighted by atomic mass is 10.0. The molecule has 0 nitrogen and oxygen atoms in total. The smallest absolute Gasteiger partial charge is 0.0178 e. The van der Waals surface area contributed by atoms with Crippen molar-refractivity contribution in [3.8, 4) is 0 Å². The maximum atomic E-state index is 2.38. The van der Waals surface area contributed by atoms with Gasteiger partial charge in [-0.25, -0.2) is 0 Å². The topological polar surface area (TPSA) is 0 Å². The summed E-state index contributed by atoms with van der Waals surface area (Å²) in [5, 5.41) is 2.64. The third kappa shape index (κ3) is 4.90. The van der Waals surface area contributed by atoms with Crippen molar-refractivity contribution >= 4 is 16.3 Å². The van der Waals surface area contributed by atoms with Crippen LogP contribution >= 0.6 is 0 Å². The summed E-state index contributed by atoms with van der Waals surface area (Å²) in [6, 6.07) is 15.3. The Morgan fingerprint density at radius 1 is 0.905 bits per heavy atom. The number of rotatable bonds is 7. The predicted molar refractivity (Wildman–Crippen MR) is 95.5 cm³/mol. The molecule has 0 aliphatic rings. The third-order valence-corrected chi connectivity index (χ3v) is 3.88. The van der Waals surface area contributed by atoms with Crippen molar-refractivity contribution in [3.05, 3.63) is 66.3 Å². The second-order valence-corrected chi connectivity index (χ2v) is 5.61. The van der Waals surface area contributed by atoms with Crippen LogP contribution in [0.4, 0.5) is 0 Å². The van der Waals surface area contributed by atoms with E-state index in [0.717, 1.165) is 6.42 Å². The monoisotopic (exact) mass is 278 g/mol. The number of benzene rings is 2. The molecule has 0 fully saturated rings. The van der Waals surface area contributed by atoms with Crippen LogP contribution in [0.1, 0.15) is 51.5 Å². The Bertz CT molecular complexity index is 617. The molecule has 110 valence electrons. The van der Waals surface area contributed by atoms with Crippen LogP contribution in [-0.2, 0) is 0 Å². The van der Waals surface area contributed by atoms with Crippen molar-refractivity contribution in [1.29, 1.82) is 0 Å². The van der Waals surface area contributed by atoms with E-state index in [-0.39, 0.29) is 0 Å². The van der Waals surface area contributed by atoms with E-state index in [1.807, 2.05) is 0 Å². The van der Waals surface area contributed by atoms with Gasteiger partial charge in [-0.15, -0.1) is 0 Å². The lowest BCUT2D eigenvalue weighted by Crippen LogP contribution is -1.82. The Morgan fingerprint density at radius 3 is 2.48 bits per heavy atom. The van der Waals surface area contributed by atoms with Gasteiger partial charge in [-0.05, 0) is 67.0 Å². The van der Waals surface area contributed by atoms with Crippen LogP contribution in [-0.4, -0.2) is 0 Å². The molecule has 0 atom stereocenters. The Labute approximate surface area is 129 Å². The molecule has 0 radical (unpaired) electrons. The Kier molecular flexibility index (Phi) is 6.27. The molecule has 0 N–H and O–H groups in total. The van der Waals surface area contributed by atoms with Gasteiger partial charge in [0.1, 0.15) is 0 Å². The summed E-state index contributed by atoms with van der Waals surface area (Å²) in [7, 11) is 0. The van der Waals surface area contributed by atoms with E-state index in [9.17, 15) is 0 Å². The van der Waals surface area contributed by atoms with Crippen LogP contribution < -0.4 is 0 Å². The molecule has 0 spiro atoms. The van der Waals surface area contributed by atoms with E-state index in [1.165, 1.54) is 47.6 Å². The normalized spacial score (nSPS) is 12.4. The fraction of sp³-hybridized carbons (Fsp3) is 0.333. The van der Waals surface area contributed by atoms with Crippen LogP contribution in [0, 0.1) is 0 Å². The predicted octanol–water partition coefficient (Wildman–Crippen LogP) is 6.77. The number of hydrogen-bond donors (Lipinski definition) is 0. The Hall–Kier alpha value is -1.82. The van der Waals surface area contributed by atoms with Gasteiger partial charge in [-0.2, -0.15) is 0 Å². The molecular weight excluding hydrogens is 252 g/mol. The molecule has 2 aromatic carbocycles. The fourth-order valence-electron chi connectivity index (χ4n) is 2.56. The van der Waals surface area contributed by atoms with Crippen LogP contribution in [0.25, 0.3) is 16.3 Å². The zero-order valence-electron chi connectivity index (χ0n) is 13.3. The van der Waals surface area contributed by atoms with Crippen molar-refractivity contribution in [2.75, 3.05) is 0 Å². The first kappa shape index (κ1) is 15.6. The maximum absolute atomic E-state index is 2.38. The first-order valence-corrected chi connectivity index (χ1v) is 8.12. The molecule has 0 aliphatic heterocycles. The van der Waals surface area contributed by atoms with Gasteiger partial charge < -0.3 is 0 Å². The van der Waals surface area contributed by atoms with Crippen LogP contribution in [0.5, 0.6) is 0 Å². The van der Waals surface area contributed by atoms with Crippen molar-refractivity contribution in [2.24, 2.45) is 0 Å². The number of allylic oxidation sites excluding steroid dienone is 4. The van der Waals surface area contributed by atoms with Crippen LogP contribution in [0.15, 0.2) is 60.7 Å². The van der Waals surface area contributed by atoms with E-state index in [2.05, 4.69) is 74.5 Å². The molecule has 2 rings (SSSR count). The molecule has 0 saturated heterocycles. The van der Waals surface area contributed by atoms with Gasteiger partial charge in [0.05, 0.1) is 0 Å². The van der Waals surface area contributed by atoms with E-state index >= 15 is 0 Å². The van der Waals surface area contributed by atoms with Gasteiger partial charge in [0.15, 0.2) is 0 Å². The minimum Gasteiger partial charge on any atom is -0.0888 e. The van der Waals surface area contributed by atoms with Gasteiger partial charge in [-0.3, -0.25) is 0 Å². The molecule has 0 heterocycles. The lowest BCUT2D eigenvalue weighted by molar-refractivity contribution is 0.761. The van der Waals surface area contributed by atoms with E-state index < -0.39 is 0 Å². The molecule has 0 heteroatoms. The van der Waals surface area contributed by atoms with Gasteiger partial charge in [0.2, 0.25) is 0 Å². The zero-order chi connectivity index (χ0) is 14.9. The van der Waals surface area contributed by atoms with Gasteiger partial charge in [0.25, 0.3) is 0 Å². The Balaban J connectivity index is 1.90. The van der Waals surface area contributed by atoms with Crippen molar-refractivity contribution in [3.63, 3.8) is 0 Å². The summed E-state index contributed by atoms with van der Waals surface area (Å²) in [5.41, 5.74) is 2.74. The van der Waals surface area contributed by atoms with Crippen LogP contribution in [0.3, 0.4) is 0 Å². The minimum absolute atomic E-state index is 1.15. The van der Waals surface area contributed by atoms with E-state index in [0.29, 0.717) is 0 Å². The molecule has 0 aliphatic carbocycles. The average Bonchev–Trinajstić information content (AvgIpc) is 2.53. The van der Waals surface area contributed by atoms with Crippen molar-refractivity contribution < 1.29 is 0 Å². The highest BCUT2D eigenvalue weighted by atomic mass is 14.0. The standard InChI is InChI=1S/C21H26/c1-3-4-5-6-7-8-9-12-18(2)20-16-15-19-13-10-11-14-21(19)17-20/h4-5,10-17H,3,6-9H2,1-2H3/b5-4-,18-12+. The van der Waals surface area contributed by atoms with E-state index in [1.54, 1.807) is 0 Å². The molecule has 0 unspecified atom stereocenters. The molecule has 0 aromatic heterocycles. The third-order valence-electron chi connectivity index (χ3n) is 3.88.